The minimum Gasteiger partial charge on any atom is -0.550 e. The second kappa shape index (κ2) is 4.92. The van der Waals surface area contributed by atoms with Gasteiger partial charge in [0, 0.05) is 16.4 Å². The molecule has 1 aromatic carbocycles. The SMILES string of the molecule is C[C@H](c1ccc(Br)cc1)N1C[C@@]23C=C[C@H](O2)[C@H](C(=O)[O-])[C@@H]3C1=O. The normalized spacial score (nSPS) is 35.7. The molecule has 2 bridgehead atoms. The number of ether oxygens (including phenoxy) is 1. The van der Waals surface area contributed by atoms with Crippen molar-refractivity contribution >= 4 is 27.8 Å². The van der Waals surface area contributed by atoms with Crippen molar-refractivity contribution in [2.24, 2.45) is 11.8 Å². The number of carboxylic acid groups (broad SMARTS) is 1. The van der Waals surface area contributed by atoms with E-state index in [4.69, 9.17) is 4.74 Å². The lowest BCUT2D eigenvalue weighted by atomic mass is 9.77. The van der Waals surface area contributed by atoms with E-state index < -0.39 is 29.5 Å². The Morgan fingerprint density at radius 1 is 1.43 bits per heavy atom. The number of nitrogens with zero attached hydrogens (tertiary/aromatic N) is 1. The van der Waals surface area contributed by atoms with Crippen LogP contribution in [0.3, 0.4) is 0 Å². The fourth-order valence-corrected chi connectivity index (χ4v) is 4.31. The number of fused-ring (bicyclic) bond motifs is 1. The number of amides is 1. The number of carbonyl (C=O) groups excluding carboxylic acids is 2. The third-order valence-electron chi connectivity index (χ3n) is 5.22. The summed E-state index contributed by atoms with van der Waals surface area (Å²) in [5, 5.41) is 11.5. The summed E-state index contributed by atoms with van der Waals surface area (Å²) in [6.07, 6.45) is 3.06. The Morgan fingerprint density at radius 2 is 2.13 bits per heavy atom. The highest BCUT2D eigenvalue weighted by atomic mass is 79.9. The van der Waals surface area contributed by atoms with Crippen LogP contribution in [0.2, 0.25) is 0 Å². The number of likely N-dealkylation sites (tertiary alicyclic amines) is 1. The number of hydrogen-bond donors (Lipinski definition) is 0. The second-order valence-corrected chi connectivity index (χ2v) is 7.33. The Labute approximate surface area is 142 Å². The van der Waals surface area contributed by atoms with Crippen LogP contribution in [0.25, 0.3) is 0 Å². The van der Waals surface area contributed by atoms with E-state index in [0.29, 0.717) is 6.54 Å². The summed E-state index contributed by atoms with van der Waals surface area (Å²) >= 11 is 3.40. The molecule has 1 amide bonds. The summed E-state index contributed by atoms with van der Waals surface area (Å²) in [5.41, 5.74) is 0.192. The van der Waals surface area contributed by atoms with Crippen LogP contribution >= 0.6 is 15.9 Å². The monoisotopic (exact) mass is 376 g/mol. The lowest BCUT2D eigenvalue weighted by molar-refractivity contribution is -0.313. The first kappa shape index (κ1) is 14.9. The first-order valence-corrected chi connectivity index (χ1v) is 8.36. The van der Waals surface area contributed by atoms with Crippen LogP contribution in [0, 0.1) is 11.8 Å². The quantitative estimate of drug-likeness (QED) is 0.739. The summed E-state index contributed by atoms with van der Waals surface area (Å²) in [6, 6.07) is 7.62. The Kier molecular flexibility index (Phi) is 3.19. The summed E-state index contributed by atoms with van der Waals surface area (Å²) in [7, 11) is 0. The van der Waals surface area contributed by atoms with Crippen LogP contribution in [0.15, 0.2) is 40.9 Å². The molecule has 2 saturated heterocycles. The lowest BCUT2D eigenvalue weighted by Crippen LogP contribution is -2.45. The van der Waals surface area contributed by atoms with Gasteiger partial charge in [-0.1, -0.05) is 40.2 Å². The predicted molar refractivity (Wildman–Crippen MR) is 83.0 cm³/mol. The standard InChI is InChI=1S/C17H16BrNO4/c1-9(10-2-4-11(18)5-3-10)19-8-17-7-6-12(23-17)13(16(21)22)14(17)15(19)20/h2-7,9,12-14H,8H2,1H3,(H,21,22)/p-1/t9-,12+,13+,14-,17-/m1/s1. The highest BCUT2D eigenvalue weighted by Gasteiger charge is 2.65. The molecule has 0 unspecified atom stereocenters. The maximum Gasteiger partial charge on any atom is 0.230 e. The van der Waals surface area contributed by atoms with Crippen molar-refractivity contribution in [3.63, 3.8) is 0 Å². The van der Waals surface area contributed by atoms with Crippen molar-refractivity contribution in [1.82, 2.24) is 4.90 Å². The molecule has 5 nitrogen and oxygen atoms in total. The Bertz CT molecular complexity index is 716. The highest BCUT2D eigenvalue weighted by molar-refractivity contribution is 9.10. The second-order valence-electron chi connectivity index (χ2n) is 6.41. The number of carbonyl (C=O) groups is 2. The van der Waals surface area contributed by atoms with E-state index in [0.717, 1.165) is 10.0 Å². The number of carboxylic acids is 1. The Balaban J connectivity index is 1.66. The molecule has 0 N–H and O–H groups in total. The molecule has 5 atom stereocenters. The van der Waals surface area contributed by atoms with Gasteiger partial charge in [0.2, 0.25) is 5.91 Å². The van der Waals surface area contributed by atoms with Gasteiger partial charge in [-0.15, -0.1) is 0 Å². The van der Waals surface area contributed by atoms with E-state index >= 15 is 0 Å². The number of halogens is 1. The van der Waals surface area contributed by atoms with Crippen LogP contribution in [-0.2, 0) is 14.3 Å². The zero-order valence-electron chi connectivity index (χ0n) is 12.4. The van der Waals surface area contributed by atoms with Crippen molar-refractivity contribution in [1.29, 1.82) is 0 Å². The van der Waals surface area contributed by atoms with Crippen molar-refractivity contribution in [2.45, 2.75) is 24.7 Å². The molecule has 120 valence electrons. The van der Waals surface area contributed by atoms with E-state index in [-0.39, 0.29) is 11.9 Å². The minimum absolute atomic E-state index is 0.144. The maximum absolute atomic E-state index is 12.9. The van der Waals surface area contributed by atoms with E-state index in [1.807, 2.05) is 37.3 Å². The van der Waals surface area contributed by atoms with Crippen LogP contribution in [-0.4, -0.2) is 35.0 Å². The van der Waals surface area contributed by atoms with Gasteiger partial charge in [0.15, 0.2) is 0 Å². The summed E-state index contributed by atoms with van der Waals surface area (Å²) in [6.45, 7) is 2.33. The average molecular weight is 377 g/mol. The van der Waals surface area contributed by atoms with E-state index in [1.165, 1.54) is 0 Å². The van der Waals surface area contributed by atoms with Gasteiger partial charge < -0.3 is 19.5 Å². The molecule has 4 rings (SSSR count). The molecule has 1 spiro atoms. The summed E-state index contributed by atoms with van der Waals surface area (Å²) < 4.78 is 6.83. The van der Waals surface area contributed by atoms with Gasteiger partial charge in [0.25, 0.3) is 0 Å². The van der Waals surface area contributed by atoms with E-state index in [2.05, 4.69) is 15.9 Å². The molecule has 0 aromatic heterocycles. The van der Waals surface area contributed by atoms with Gasteiger partial charge in [0.1, 0.15) is 5.60 Å². The molecule has 1 aromatic rings. The molecule has 0 aliphatic carbocycles. The van der Waals surface area contributed by atoms with Gasteiger partial charge in [-0.25, -0.2) is 0 Å². The van der Waals surface area contributed by atoms with Gasteiger partial charge >= 0.3 is 0 Å². The fourth-order valence-electron chi connectivity index (χ4n) is 4.05. The smallest absolute Gasteiger partial charge is 0.230 e. The zero-order valence-corrected chi connectivity index (χ0v) is 14.0. The Hall–Kier alpha value is -1.66. The van der Waals surface area contributed by atoms with Crippen LogP contribution in [0.1, 0.15) is 18.5 Å². The van der Waals surface area contributed by atoms with Gasteiger partial charge in [0.05, 0.1) is 24.6 Å². The zero-order chi connectivity index (χ0) is 16.4. The number of aliphatic carboxylic acids is 1. The minimum atomic E-state index is -1.21. The molecule has 23 heavy (non-hydrogen) atoms. The van der Waals surface area contributed by atoms with Crippen molar-refractivity contribution < 1.29 is 19.4 Å². The van der Waals surface area contributed by atoms with Crippen LogP contribution in [0.5, 0.6) is 0 Å². The molecule has 0 radical (unpaired) electrons. The van der Waals surface area contributed by atoms with E-state index in [9.17, 15) is 14.7 Å². The highest BCUT2D eigenvalue weighted by Crippen LogP contribution is 2.53. The fraction of sp³-hybridized carbons (Fsp3) is 0.412. The van der Waals surface area contributed by atoms with Crippen molar-refractivity contribution in [2.75, 3.05) is 6.54 Å². The van der Waals surface area contributed by atoms with Crippen molar-refractivity contribution in [3.8, 4) is 0 Å². The molecule has 3 heterocycles. The molecule has 2 fully saturated rings. The van der Waals surface area contributed by atoms with Gasteiger partial charge in [-0.2, -0.15) is 0 Å². The summed E-state index contributed by atoms with van der Waals surface area (Å²) in [5.74, 6) is -2.95. The molecular weight excluding hydrogens is 362 g/mol. The predicted octanol–water partition coefficient (Wildman–Crippen LogP) is 1.04. The summed E-state index contributed by atoms with van der Waals surface area (Å²) in [4.78, 5) is 26.1. The molecule has 3 aliphatic rings. The molecule has 6 heteroatoms. The first-order chi connectivity index (χ1) is 10.9. The van der Waals surface area contributed by atoms with Crippen molar-refractivity contribution in [3.05, 3.63) is 46.5 Å². The Morgan fingerprint density at radius 3 is 2.78 bits per heavy atom. The largest absolute Gasteiger partial charge is 0.550 e. The molecule has 3 aliphatic heterocycles. The van der Waals surface area contributed by atoms with Crippen LogP contribution in [0.4, 0.5) is 0 Å². The third-order valence-corrected chi connectivity index (χ3v) is 5.75. The van der Waals surface area contributed by atoms with Gasteiger partial charge in [-0.05, 0) is 24.6 Å². The van der Waals surface area contributed by atoms with Crippen LogP contribution < -0.4 is 5.11 Å². The maximum atomic E-state index is 12.9. The number of benzene rings is 1. The lowest BCUT2D eigenvalue weighted by Gasteiger charge is -2.28. The average Bonchev–Trinajstić information content (AvgIpc) is 3.15. The number of rotatable bonds is 3. The first-order valence-electron chi connectivity index (χ1n) is 7.57. The van der Waals surface area contributed by atoms with E-state index in [1.54, 1.807) is 11.0 Å². The third kappa shape index (κ3) is 2.01. The molecule has 0 saturated carbocycles. The number of hydrogen-bond acceptors (Lipinski definition) is 4. The van der Waals surface area contributed by atoms with Gasteiger partial charge in [-0.3, -0.25) is 4.79 Å². The molecular formula is C17H15BrNO4-. The topological polar surface area (TPSA) is 69.7 Å².